The zero-order valence-corrected chi connectivity index (χ0v) is 10.0. The Bertz CT molecular complexity index is 549. The second-order valence-electron chi connectivity index (χ2n) is 3.65. The van der Waals surface area contributed by atoms with Crippen molar-refractivity contribution < 1.29 is 4.79 Å². The number of rotatable bonds is 4. The molecule has 1 unspecified atom stereocenters. The summed E-state index contributed by atoms with van der Waals surface area (Å²) in [5, 5.41) is 2.78. The van der Waals surface area contributed by atoms with Crippen LogP contribution in [-0.4, -0.2) is 16.9 Å². The van der Waals surface area contributed by atoms with E-state index in [1.54, 1.807) is 11.6 Å². The Balaban J connectivity index is 2.12. The molecule has 1 aromatic heterocycles. The first-order chi connectivity index (χ1) is 8.20. The molecule has 2 rings (SSSR count). The molecule has 5 heteroatoms. The molecule has 0 radical (unpaired) electrons. The minimum absolute atomic E-state index is 0.200. The van der Waals surface area contributed by atoms with Crippen LogP contribution in [0.15, 0.2) is 36.4 Å². The van der Waals surface area contributed by atoms with Gasteiger partial charge in [-0.15, -0.1) is 17.9 Å². The first-order valence-electron chi connectivity index (χ1n) is 5.21. The van der Waals surface area contributed by atoms with Crippen LogP contribution in [0.1, 0.15) is 6.42 Å². The van der Waals surface area contributed by atoms with Crippen LogP contribution in [0, 0.1) is 0 Å². The van der Waals surface area contributed by atoms with Crippen molar-refractivity contribution in [3.05, 3.63) is 36.4 Å². The SMILES string of the molecule is C=CCC(N)C(=O)Nc1ccc2ncsc2c1. The number of carbonyl (C=O) groups is 1. The molecule has 0 fully saturated rings. The number of aromatic nitrogens is 1. The van der Waals surface area contributed by atoms with Gasteiger partial charge >= 0.3 is 0 Å². The maximum absolute atomic E-state index is 11.7. The number of hydrogen-bond acceptors (Lipinski definition) is 4. The average molecular weight is 247 g/mol. The van der Waals surface area contributed by atoms with Crippen molar-refractivity contribution in [3.63, 3.8) is 0 Å². The van der Waals surface area contributed by atoms with E-state index in [-0.39, 0.29) is 5.91 Å². The molecule has 1 aromatic carbocycles. The van der Waals surface area contributed by atoms with Crippen molar-refractivity contribution in [2.45, 2.75) is 12.5 Å². The lowest BCUT2D eigenvalue weighted by Crippen LogP contribution is -2.34. The molecular weight excluding hydrogens is 234 g/mol. The van der Waals surface area contributed by atoms with Crippen molar-refractivity contribution in [1.29, 1.82) is 0 Å². The van der Waals surface area contributed by atoms with Gasteiger partial charge in [0.1, 0.15) is 0 Å². The highest BCUT2D eigenvalue weighted by Gasteiger charge is 2.11. The van der Waals surface area contributed by atoms with Crippen molar-refractivity contribution in [2.24, 2.45) is 5.73 Å². The van der Waals surface area contributed by atoms with Crippen molar-refractivity contribution in [3.8, 4) is 0 Å². The van der Waals surface area contributed by atoms with Crippen LogP contribution < -0.4 is 11.1 Å². The van der Waals surface area contributed by atoms with E-state index in [0.717, 1.165) is 15.9 Å². The van der Waals surface area contributed by atoms with Gasteiger partial charge in [0.15, 0.2) is 0 Å². The average Bonchev–Trinajstić information content (AvgIpc) is 2.76. The fraction of sp³-hybridized carbons (Fsp3) is 0.167. The summed E-state index contributed by atoms with van der Waals surface area (Å²) in [6.07, 6.45) is 2.10. The summed E-state index contributed by atoms with van der Waals surface area (Å²) in [4.78, 5) is 15.9. The molecule has 1 heterocycles. The Morgan fingerprint density at radius 3 is 3.24 bits per heavy atom. The summed E-state index contributed by atoms with van der Waals surface area (Å²) in [6.45, 7) is 3.56. The Labute approximate surface area is 103 Å². The third kappa shape index (κ3) is 2.69. The van der Waals surface area contributed by atoms with E-state index < -0.39 is 6.04 Å². The van der Waals surface area contributed by atoms with Gasteiger partial charge in [-0.3, -0.25) is 4.79 Å². The van der Waals surface area contributed by atoms with E-state index in [2.05, 4.69) is 16.9 Å². The second-order valence-corrected chi connectivity index (χ2v) is 4.54. The third-order valence-electron chi connectivity index (χ3n) is 2.36. The van der Waals surface area contributed by atoms with Crippen LogP contribution >= 0.6 is 11.3 Å². The molecule has 1 atom stereocenters. The smallest absolute Gasteiger partial charge is 0.241 e. The quantitative estimate of drug-likeness (QED) is 0.813. The number of nitrogens with two attached hydrogens (primary N) is 1. The van der Waals surface area contributed by atoms with E-state index in [1.165, 1.54) is 11.3 Å². The van der Waals surface area contributed by atoms with Crippen LogP contribution in [-0.2, 0) is 4.79 Å². The molecule has 3 N–H and O–H groups in total. The first-order valence-corrected chi connectivity index (χ1v) is 6.09. The molecular formula is C12H13N3OS. The van der Waals surface area contributed by atoms with Gasteiger partial charge in [-0.05, 0) is 24.6 Å². The predicted molar refractivity (Wildman–Crippen MR) is 71.0 cm³/mol. The molecule has 0 aliphatic heterocycles. The largest absolute Gasteiger partial charge is 0.325 e. The molecule has 0 spiro atoms. The fourth-order valence-electron chi connectivity index (χ4n) is 1.45. The number of thiazole rings is 1. The molecule has 1 amide bonds. The number of carbonyl (C=O) groups excluding carboxylic acids is 1. The van der Waals surface area contributed by atoms with Gasteiger partial charge in [-0.2, -0.15) is 0 Å². The summed E-state index contributed by atoms with van der Waals surface area (Å²) in [7, 11) is 0. The van der Waals surface area contributed by atoms with Crippen molar-refractivity contribution in [2.75, 3.05) is 5.32 Å². The number of anilines is 1. The van der Waals surface area contributed by atoms with Crippen molar-refractivity contribution in [1.82, 2.24) is 4.98 Å². The van der Waals surface area contributed by atoms with E-state index in [4.69, 9.17) is 5.73 Å². The molecule has 4 nitrogen and oxygen atoms in total. The molecule has 0 aliphatic carbocycles. The summed E-state index contributed by atoms with van der Waals surface area (Å²) in [5.74, 6) is -0.200. The van der Waals surface area contributed by atoms with Crippen LogP contribution in [0.4, 0.5) is 5.69 Å². The van der Waals surface area contributed by atoms with Gasteiger partial charge in [0.25, 0.3) is 0 Å². The Morgan fingerprint density at radius 2 is 2.47 bits per heavy atom. The van der Waals surface area contributed by atoms with Gasteiger partial charge in [-0.25, -0.2) is 4.98 Å². The highest BCUT2D eigenvalue weighted by atomic mass is 32.1. The lowest BCUT2D eigenvalue weighted by Gasteiger charge is -2.10. The molecule has 2 aromatic rings. The van der Waals surface area contributed by atoms with E-state index in [0.29, 0.717) is 6.42 Å². The zero-order valence-electron chi connectivity index (χ0n) is 9.22. The van der Waals surface area contributed by atoms with Crippen LogP contribution in [0.25, 0.3) is 10.2 Å². The molecule has 0 saturated carbocycles. The van der Waals surface area contributed by atoms with E-state index in [1.807, 2.05) is 18.2 Å². The zero-order chi connectivity index (χ0) is 12.3. The predicted octanol–water partition coefficient (Wildman–Crippen LogP) is 2.14. The summed E-state index contributed by atoms with van der Waals surface area (Å²) < 4.78 is 1.04. The summed E-state index contributed by atoms with van der Waals surface area (Å²) in [6, 6.07) is 5.04. The number of nitrogens with one attached hydrogen (secondary N) is 1. The van der Waals surface area contributed by atoms with Crippen molar-refractivity contribution >= 4 is 33.1 Å². The lowest BCUT2D eigenvalue weighted by atomic mass is 10.2. The third-order valence-corrected chi connectivity index (χ3v) is 3.15. The maximum Gasteiger partial charge on any atom is 0.241 e. The molecule has 0 bridgehead atoms. The second kappa shape index (κ2) is 5.07. The Morgan fingerprint density at radius 1 is 1.65 bits per heavy atom. The minimum Gasteiger partial charge on any atom is -0.325 e. The number of amides is 1. The Hall–Kier alpha value is -1.72. The molecule has 0 aliphatic rings. The maximum atomic E-state index is 11.7. The van der Waals surface area contributed by atoms with Gasteiger partial charge in [0.2, 0.25) is 5.91 Å². The highest BCUT2D eigenvalue weighted by Crippen LogP contribution is 2.21. The number of hydrogen-bond donors (Lipinski definition) is 2. The standard InChI is InChI=1S/C12H13N3OS/c1-2-3-9(13)12(16)15-8-4-5-10-11(6-8)17-7-14-10/h2,4-7,9H,1,3,13H2,(H,15,16). The van der Waals surface area contributed by atoms with Gasteiger partial charge in [0, 0.05) is 5.69 Å². The summed E-state index contributed by atoms with van der Waals surface area (Å²) in [5.41, 5.74) is 9.13. The van der Waals surface area contributed by atoms with Crippen LogP contribution in [0.5, 0.6) is 0 Å². The number of nitrogens with zero attached hydrogens (tertiary/aromatic N) is 1. The molecule has 88 valence electrons. The van der Waals surface area contributed by atoms with Crippen LogP contribution in [0.2, 0.25) is 0 Å². The lowest BCUT2D eigenvalue weighted by molar-refractivity contribution is -0.117. The molecule has 0 saturated heterocycles. The number of benzene rings is 1. The normalized spacial score (nSPS) is 12.3. The topological polar surface area (TPSA) is 68.0 Å². The van der Waals surface area contributed by atoms with Gasteiger partial charge in [0.05, 0.1) is 21.8 Å². The number of fused-ring (bicyclic) bond motifs is 1. The summed E-state index contributed by atoms with van der Waals surface area (Å²) >= 11 is 1.54. The minimum atomic E-state index is -0.551. The fourth-order valence-corrected chi connectivity index (χ4v) is 2.17. The van der Waals surface area contributed by atoms with Gasteiger partial charge < -0.3 is 11.1 Å². The van der Waals surface area contributed by atoms with E-state index >= 15 is 0 Å². The van der Waals surface area contributed by atoms with Crippen LogP contribution in [0.3, 0.4) is 0 Å². The van der Waals surface area contributed by atoms with E-state index in [9.17, 15) is 4.79 Å². The Kier molecular flexibility index (Phi) is 3.51. The highest BCUT2D eigenvalue weighted by molar-refractivity contribution is 7.16. The monoisotopic (exact) mass is 247 g/mol. The molecule has 17 heavy (non-hydrogen) atoms. The van der Waals surface area contributed by atoms with Gasteiger partial charge in [-0.1, -0.05) is 6.08 Å². The first kappa shape index (κ1) is 11.8.